The number of nitrogens with zero attached hydrogens (tertiary/aromatic N) is 2. The number of urea groups is 1. The Morgan fingerprint density at radius 2 is 1.75 bits per heavy atom. The summed E-state index contributed by atoms with van der Waals surface area (Å²) in [5.41, 5.74) is 2.60. The fraction of sp³-hybridized carbons (Fsp3) is 0.556. The summed E-state index contributed by atoms with van der Waals surface area (Å²) in [5.74, 6) is 0.582. The van der Waals surface area contributed by atoms with Crippen molar-refractivity contribution in [2.24, 2.45) is 0 Å². The van der Waals surface area contributed by atoms with E-state index in [1.54, 1.807) is 16.9 Å². The van der Waals surface area contributed by atoms with Gasteiger partial charge in [-0.2, -0.15) is 0 Å². The molecule has 1 aromatic rings. The molecule has 2 rings (SSSR count). The van der Waals surface area contributed by atoms with E-state index in [2.05, 4.69) is 5.32 Å². The van der Waals surface area contributed by atoms with Crippen molar-refractivity contribution in [1.82, 2.24) is 15.1 Å². The highest BCUT2D eigenvalue weighted by Crippen LogP contribution is 2.26. The number of rotatable bonds is 4. The molecule has 0 spiro atoms. The SMILES string of the molecule is CCCNC(=O)N1CCN(C(=O)c2c(C)cc(C)cc2OC)CC1. The van der Waals surface area contributed by atoms with Crippen LogP contribution >= 0.6 is 0 Å². The lowest BCUT2D eigenvalue weighted by Gasteiger charge is -2.35. The molecule has 1 heterocycles. The summed E-state index contributed by atoms with van der Waals surface area (Å²) >= 11 is 0. The second-order valence-electron chi connectivity index (χ2n) is 6.17. The predicted octanol–water partition coefficient (Wildman–Crippen LogP) is 2.19. The molecule has 1 aliphatic rings. The zero-order valence-electron chi connectivity index (χ0n) is 15.0. The van der Waals surface area contributed by atoms with Crippen LogP contribution in [0.3, 0.4) is 0 Å². The van der Waals surface area contributed by atoms with Gasteiger partial charge in [0.25, 0.3) is 5.91 Å². The summed E-state index contributed by atoms with van der Waals surface area (Å²) in [5, 5.41) is 2.87. The molecule has 24 heavy (non-hydrogen) atoms. The molecule has 0 aromatic heterocycles. The topological polar surface area (TPSA) is 61.9 Å². The number of carbonyl (C=O) groups is 2. The number of benzene rings is 1. The Labute approximate surface area is 143 Å². The maximum absolute atomic E-state index is 12.9. The second-order valence-corrected chi connectivity index (χ2v) is 6.17. The Balaban J connectivity index is 2.05. The molecule has 1 aromatic carbocycles. The third-order valence-corrected chi connectivity index (χ3v) is 4.26. The van der Waals surface area contributed by atoms with E-state index in [9.17, 15) is 9.59 Å². The predicted molar refractivity (Wildman–Crippen MR) is 93.6 cm³/mol. The van der Waals surface area contributed by atoms with Crippen LogP contribution in [0, 0.1) is 13.8 Å². The van der Waals surface area contributed by atoms with Gasteiger partial charge >= 0.3 is 6.03 Å². The fourth-order valence-corrected chi connectivity index (χ4v) is 2.98. The molecular formula is C18H27N3O3. The van der Waals surface area contributed by atoms with E-state index < -0.39 is 0 Å². The first kappa shape index (κ1) is 18.1. The number of amides is 3. The molecule has 0 radical (unpaired) electrons. The van der Waals surface area contributed by atoms with Gasteiger partial charge in [-0.1, -0.05) is 13.0 Å². The zero-order chi connectivity index (χ0) is 17.7. The van der Waals surface area contributed by atoms with Crippen LogP contribution in [0.25, 0.3) is 0 Å². The maximum atomic E-state index is 12.9. The molecule has 0 atom stereocenters. The van der Waals surface area contributed by atoms with E-state index in [4.69, 9.17) is 4.74 Å². The number of piperazine rings is 1. The number of hydrogen-bond acceptors (Lipinski definition) is 3. The molecule has 132 valence electrons. The minimum Gasteiger partial charge on any atom is -0.496 e. The lowest BCUT2D eigenvalue weighted by atomic mass is 10.0. The molecule has 0 bridgehead atoms. The quantitative estimate of drug-likeness (QED) is 0.919. The standard InChI is InChI=1S/C18H27N3O3/c1-5-6-19-18(23)21-9-7-20(8-10-21)17(22)16-14(3)11-13(2)12-15(16)24-4/h11-12H,5-10H2,1-4H3,(H,19,23). The van der Waals surface area contributed by atoms with Gasteiger partial charge < -0.3 is 19.9 Å². The Morgan fingerprint density at radius 3 is 2.33 bits per heavy atom. The van der Waals surface area contributed by atoms with Crippen molar-refractivity contribution in [3.8, 4) is 5.75 Å². The van der Waals surface area contributed by atoms with Crippen LogP contribution in [0.1, 0.15) is 34.8 Å². The molecule has 1 fully saturated rings. The van der Waals surface area contributed by atoms with E-state index in [1.807, 2.05) is 32.9 Å². The van der Waals surface area contributed by atoms with E-state index in [-0.39, 0.29) is 11.9 Å². The van der Waals surface area contributed by atoms with Gasteiger partial charge in [-0.15, -0.1) is 0 Å². The Bertz CT molecular complexity index is 608. The third kappa shape index (κ3) is 3.99. The number of nitrogens with one attached hydrogen (secondary N) is 1. The van der Waals surface area contributed by atoms with Gasteiger partial charge in [0.2, 0.25) is 0 Å². The number of carbonyl (C=O) groups excluding carboxylic acids is 2. The van der Waals surface area contributed by atoms with Crippen LogP contribution in [0.15, 0.2) is 12.1 Å². The van der Waals surface area contributed by atoms with E-state index in [0.717, 1.165) is 17.5 Å². The minimum absolute atomic E-state index is 0.0297. The largest absolute Gasteiger partial charge is 0.496 e. The second kappa shape index (κ2) is 8.04. The number of aryl methyl sites for hydroxylation is 2. The summed E-state index contributed by atoms with van der Waals surface area (Å²) < 4.78 is 5.40. The molecule has 1 saturated heterocycles. The van der Waals surface area contributed by atoms with Crippen molar-refractivity contribution in [3.05, 3.63) is 28.8 Å². The summed E-state index contributed by atoms with van der Waals surface area (Å²) in [6.45, 7) is 8.79. The molecule has 3 amide bonds. The van der Waals surface area contributed by atoms with E-state index in [1.165, 1.54) is 0 Å². The first-order valence-corrected chi connectivity index (χ1v) is 8.45. The highest BCUT2D eigenvalue weighted by Gasteiger charge is 2.27. The van der Waals surface area contributed by atoms with Crippen molar-refractivity contribution in [2.75, 3.05) is 39.8 Å². The normalized spacial score (nSPS) is 14.5. The Hall–Kier alpha value is -2.24. The maximum Gasteiger partial charge on any atom is 0.317 e. The van der Waals surface area contributed by atoms with Gasteiger partial charge in [-0.05, 0) is 37.5 Å². The van der Waals surface area contributed by atoms with E-state index >= 15 is 0 Å². The Kier molecular flexibility index (Phi) is 6.06. The average Bonchev–Trinajstić information content (AvgIpc) is 2.58. The number of ether oxygens (including phenoxy) is 1. The van der Waals surface area contributed by atoms with Crippen LogP contribution in [0.4, 0.5) is 4.79 Å². The van der Waals surface area contributed by atoms with Gasteiger partial charge in [0.05, 0.1) is 12.7 Å². The fourth-order valence-electron chi connectivity index (χ4n) is 2.98. The Morgan fingerprint density at radius 1 is 1.12 bits per heavy atom. The first-order valence-electron chi connectivity index (χ1n) is 8.45. The van der Waals surface area contributed by atoms with Crippen molar-refractivity contribution in [1.29, 1.82) is 0 Å². The average molecular weight is 333 g/mol. The zero-order valence-corrected chi connectivity index (χ0v) is 15.0. The first-order chi connectivity index (χ1) is 11.5. The summed E-state index contributed by atoms with van der Waals surface area (Å²) in [6.07, 6.45) is 0.913. The molecule has 6 heteroatoms. The highest BCUT2D eigenvalue weighted by atomic mass is 16.5. The van der Waals surface area contributed by atoms with Gasteiger partial charge in [0, 0.05) is 32.7 Å². The van der Waals surface area contributed by atoms with Crippen LogP contribution in [0.2, 0.25) is 0 Å². The van der Waals surface area contributed by atoms with Crippen molar-refractivity contribution >= 4 is 11.9 Å². The van der Waals surface area contributed by atoms with Crippen LogP contribution in [0.5, 0.6) is 5.75 Å². The van der Waals surface area contributed by atoms with Gasteiger partial charge in [-0.25, -0.2) is 4.79 Å². The number of hydrogen-bond donors (Lipinski definition) is 1. The lowest BCUT2D eigenvalue weighted by molar-refractivity contribution is 0.0661. The van der Waals surface area contributed by atoms with Gasteiger partial charge in [0.1, 0.15) is 5.75 Å². The molecular weight excluding hydrogens is 306 g/mol. The molecule has 1 N–H and O–H groups in total. The molecule has 1 aliphatic heterocycles. The van der Waals surface area contributed by atoms with Crippen LogP contribution in [-0.2, 0) is 0 Å². The third-order valence-electron chi connectivity index (χ3n) is 4.26. The van der Waals surface area contributed by atoms with Gasteiger partial charge in [0.15, 0.2) is 0 Å². The smallest absolute Gasteiger partial charge is 0.317 e. The molecule has 0 aliphatic carbocycles. The number of methoxy groups -OCH3 is 1. The lowest BCUT2D eigenvalue weighted by Crippen LogP contribution is -2.53. The molecule has 6 nitrogen and oxygen atoms in total. The summed E-state index contributed by atoms with van der Waals surface area (Å²) in [4.78, 5) is 28.4. The van der Waals surface area contributed by atoms with Crippen LogP contribution < -0.4 is 10.1 Å². The highest BCUT2D eigenvalue weighted by molar-refractivity contribution is 5.98. The van der Waals surface area contributed by atoms with Crippen molar-refractivity contribution in [2.45, 2.75) is 27.2 Å². The molecule has 0 saturated carbocycles. The van der Waals surface area contributed by atoms with Crippen molar-refractivity contribution < 1.29 is 14.3 Å². The van der Waals surface area contributed by atoms with E-state index in [0.29, 0.717) is 44.0 Å². The molecule has 0 unspecified atom stereocenters. The minimum atomic E-state index is -0.0481. The van der Waals surface area contributed by atoms with Gasteiger partial charge in [-0.3, -0.25) is 4.79 Å². The van der Waals surface area contributed by atoms with Crippen LogP contribution in [-0.4, -0.2) is 61.6 Å². The summed E-state index contributed by atoms with van der Waals surface area (Å²) in [7, 11) is 1.58. The van der Waals surface area contributed by atoms with Crippen molar-refractivity contribution in [3.63, 3.8) is 0 Å². The summed E-state index contributed by atoms with van der Waals surface area (Å²) in [6, 6.07) is 3.83. The monoisotopic (exact) mass is 333 g/mol.